The van der Waals surface area contributed by atoms with Crippen molar-refractivity contribution < 1.29 is 14.0 Å². The first-order chi connectivity index (χ1) is 15.6. The normalized spacial score (nSPS) is 16.0. The summed E-state index contributed by atoms with van der Waals surface area (Å²) in [5.74, 6) is -1.12. The largest absolute Gasteiger partial charge is 0.312 e. The zero-order chi connectivity index (χ0) is 22.1. The molecule has 0 spiro atoms. The lowest BCUT2D eigenvalue weighted by atomic mass is 10.1. The quantitative estimate of drug-likeness (QED) is 0.482. The number of benzene rings is 2. The van der Waals surface area contributed by atoms with E-state index in [1.165, 1.54) is 12.1 Å². The molecule has 1 aliphatic heterocycles. The first-order valence-corrected chi connectivity index (χ1v) is 10.4. The zero-order valence-corrected chi connectivity index (χ0v) is 17.3. The highest BCUT2D eigenvalue weighted by molar-refractivity contribution is 6.04. The van der Waals surface area contributed by atoms with Crippen LogP contribution >= 0.6 is 0 Å². The van der Waals surface area contributed by atoms with Crippen LogP contribution in [0.1, 0.15) is 12.1 Å². The number of hydrogen-bond acceptors (Lipinski definition) is 3. The van der Waals surface area contributed by atoms with Crippen molar-refractivity contribution in [2.24, 2.45) is 5.92 Å². The van der Waals surface area contributed by atoms with Gasteiger partial charge in [0.25, 0.3) is 0 Å². The minimum Gasteiger partial charge on any atom is -0.312 e. The second-order valence-electron chi connectivity index (χ2n) is 7.82. The maximum absolute atomic E-state index is 13.6. The van der Waals surface area contributed by atoms with Gasteiger partial charge in [-0.1, -0.05) is 24.3 Å². The molecule has 0 radical (unpaired) electrons. The van der Waals surface area contributed by atoms with Crippen molar-refractivity contribution in [3.63, 3.8) is 0 Å². The third-order valence-corrected chi connectivity index (χ3v) is 5.76. The number of carbonyl (C=O) groups excluding carboxylic acids is 2. The molecular weight excluding hydrogens is 407 g/mol. The molecule has 1 aliphatic rings. The molecule has 3 heterocycles. The Morgan fingerprint density at radius 2 is 1.78 bits per heavy atom. The van der Waals surface area contributed by atoms with E-state index in [2.05, 4.69) is 4.98 Å². The smallest absolute Gasteiger partial charge is 0.232 e. The molecule has 2 aromatic heterocycles. The van der Waals surface area contributed by atoms with E-state index in [0.29, 0.717) is 12.2 Å². The number of pyridine rings is 1. The van der Waals surface area contributed by atoms with Gasteiger partial charge in [0.05, 0.1) is 24.4 Å². The summed E-state index contributed by atoms with van der Waals surface area (Å²) in [6.07, 6.45) is 3.80. The van der Waals surface area contributed by atoms with Crippen LogP contribution in [0.5, 0.6) is 0 Å². The van der Waals surface area contributed by atoms with Gasteiger partial charge in [-0.2, -0.15) is 0 Å². The monoisotopic (exact) mass is 428 g/mol. The van der Waals surface area contributed by atoms with Gasteiger partial charge in [-0.3, -0.25) is 9.59 Å². The summed E-state index contributed by atoms with van der Waals surface area (Å²) in [6.45, 7) is 0.592. The number of anilines is 2. The molecule has 160 valence electrons. The minimum absolute atomic E-state index is 0.118. The molecule has 1 saturated heterocycles. The molecular formula is C25H21FN4O2. The second kappa shape index (κ2) is 8.26. The summed E-state index contributed by atoms with van der Waals surface area (Å²) >= 11 is 0. The molecule has 2 aromatic carbocycles. The molecule has 1 unspecified atom stereocenters. The fraction of sp³-hybridized carbons (Fsp3) is 0.160. The Kier molecular flexibility index (Phi) is 5.15. The van der Waals surface area contributed by atoms with Crippen LogP contribution in [0, 0.1) is 11.7 Å². The third-order valence-electron chi connectivity index (χ3n) is 5.76. The summed E-state index contributed by atoms with van der Waals surface area (Å²) in [5.41, 5.74) is 3.04. The number of imidazole rings is 1. The first kappa shape index (κ1) is 19.9. The summed E-state index contributed by atoms with van der Waals surface area (Å²) in [6, 6.07) is 20.9. The zero-order valence-electron chi connectivity index (χ0n) is 17.3. The fourth-order valence-corrected chi connectivity index (χ4v) is 4.13. The highest BCUT2D eigenvalue weighted by Crippen LogP contribution is 2.29. The van der Waals surface area contributed by atoms with Gasteiger partial charge in [-0.05, 0) is 48.5 Å². The molecule has 4 aromatic rings. The summed E-state index contributed by atoms with van der Waals surface area (Å²) in [7, 11) is 0. The lowest BCUT2D eigenvalue weighted by molar-refractivity contribution is -0.124. The number of para-hydroxylation sites is 1. The average Bonchev–Trinajstić information content (AvgIpc) is 3.42. The molecule has 7 heteroatoms. The van der Waals surface area contributed by atoms with Gasteiger partial charge in [0, 0.05) is 30.5 Å². The number of rotatable bonds is 5. The van der Waals surface area contributed by atoms with E-state index in [-0.39, 0.29) is 30.6 Å². The van der Waals surface area contributed by atoms with E-state index in [1.807, 2.05) is 59.1 Å². The maximum atomic E-state index is 13.6. The lowest BCUT2D eigenvalue weighted by Gasteiger charge is -2.25. The van der Waals surface area contributed by atoms with Crippen molar-refractivity contribution in [2.45, 2.75) is 13.0 Å². The van der Waals surface area contributed by atoms with Crippen LogP contribution in [0.15, 0.2) is 85.2 Å². The van der Waals surface area contributed by atoms with Crippen LogP contribution in [0.3, 0.4) is 0 Å². The maximum Gasteiger partial charge on any atom is 0.232 e. The van der Waals surface area contributed by atoms with Gasteiger partial charge in [-0.15, -0.1) is 0 Å². The Morgan fingerprint density at radius 3 is 2.56 bits per heavy atom. The highest BCUT2D eigenvalue weighted by Gasteiger charge is 2.37. The van der Waals surface area contributed by atoms with Crippen molar-refractivity contribution in [3.05, 3.63) is 96.7 Å². The number of aromatic nitrogens is 2. The van der Waals surface area contributed by atoms with Crippen molar-refractivity contribution >= 4 is 28.8 Å². The predicted octanol–water partition coefficient (Wildman–Crippen LogP) is 4.06. The van der Waals surface area contributed by atoms with Crippen molar-refractivity contribution in [1.29, 1.82) is 0 Å². The predicted molar refractivity (Wildman–Crippen MR) is 120 cm³/mol. The van der Waals surface area contributed by atoms with E-state index in [1.54, 1.807) is 28.1 Å². The second-order valence-corrected chi connectivity index (χ2v) is 7.82. The first-order valence-electron chi connectivity index (χ1n) is 10.4. The van der Waals surface area contributed by atoms with E-state index >= 15 is 0 Å². The third kappa shape index (κ3) is 3.73. The van der Waals surface area contributed by atoms with Crippen LogP contribution < -0.4 is 9.80 Å². The average molecular weight is 428 g/mol. The SMILES string of the molecule is O=C1CC(C(=O)N(Cc2cnc3ccccn23)c2ccccc2)CN1c1ccc(F)cc1. The highest BCUT2D eigenvalue weighted by atomic mass is 19.1. The Balaban J connectivity index is 1.43. The summed E-state index contributed by atoms with van der Waals surface area (Å²) < 4.78 is 15.2. The summed E-state index contributed by atoms with van der Waals surface area (Å²) in [5, 5.41) is 0. The van der Waals surface area contributed by atoms with E-state index < -0.39 is 5.92 Å². The Hall–Kier alpha value is -4.00. The molecule has 1 atom stereocenters. The van der Waals surface area contributed by atoms with E-state index in [0.717, 1.165) is 17.0 Å². The van der Waals surface area contributed by atoms with Gasteiger partial charge in [-0.25, -0.2) is 9.37 Å². The van der Waals surface area contributed by atoms with Crippen LogP contribution in [-0.2, 0) is 16.1 Å². The Labute approximate surface area is 184 Å². The van der Waals surface area contributed by atoms with Gasteiger partial charge < -0.3 is 14.2 Å². The van der Waals surface area contributed by atoms with Crippen LogP contribution in [-0.4, -0.2) is 27.7 Å². The van der Waals surface area contributed by atoms with Crippen LogP contribution in [0.25, 0.3) is 5.65 Å². The standard InChI is InChI=1S/C25H21FN4O2/c26-19-9-11-21(12-10-19)29-16-18(14-24(29)31)25(32)30(20-6-2-1-3-7-20)17-22-15-27-23-8-4-5-13-28(22)23/h1-13,15,18H,14,16-17H2. The Morgan fingerprint density at radius 1 is 1.03 bits per heavy atom. The van der Waals surface area contributed by atoms with Crippen molar-refractivity contribution in [3.8, 4) is 0 Å². The molecule has 2 amide bonds. The lowest BCUT2D eigenvalue weighted by Crippen LogP contribution is -2.37. The van der Waals surface area contributed by atoms with Crippen LogP contribution in [0.4, 0.5) is 15.8 Å². The van der Waals surface area contributed by atoms with Gasteiger partial charge >= 0.3 is 0 Å². The van der Waals surface area contributed by atoms with Crippen molar-refractivity contribution in [2.75, 3.05) is 16.3 Å². The molecule has 0 bridgehead atoms. The van der Waals surface area contributed by atoms with E-state index in [4.69, 9.17) is 0 Å². The van der Waals surface area contributed by atoms with Gasteiger partial charge in [0.15, 0.2) is 0 Å². The molecule has 1 fully saturated rings. The van der Waals surface area contributed by atoms with Crippen molar-refractivity contribution in [1.82, 2.24) is 9.38 Å². The van der Waals surface area contributed by atoms with Gasteiger partial charge in [0.2, 0.25) is 11.8 Å². The number of amides is 2. The summed E-state index contributed by atoms with van der Waals surface area (Å²) in [4.78, 5) is 34.0. The van der Waals surface area contributed by atoms with Crippen LogP contribution in [0.2, 0.25) is 0 Å². The molecule has 5 rings (SSSR count). The topological polar surface area (TPSA) is 57.9 Å². The fourth-order valence-electron chi connectivity index (χ4n) is 4.13. The number of carbonyl (C=O) groups is 2. The minimum atomic E-state index is -0.494. The molecule has 6 nitrogen and oxygen atoms in total. The number of fused-ring (bicyclic) bond motifs is 1. The van der Waals surface area contributed by atoms with E-state index in [9.17, 15) is 14.0 Å². The molecule has 32 heavy (non-hydrogen) atoms. The number of hydrogen-bond donors (Lipinski definition) is 0. The number of nitrogens with zero attached hydrogens (tertiary/aromatic N) is 4. The Bertz CT molecular complexity index is 1270. The number of halogens is 1. The molecule has 0 aliphatic carbocycles. The molecule has 0 N–H and O–H groups in total. The molecule has 0 saturated carbocycles. The van der Waals surface area contributed by atoms with Gasteiger partial charge in [0.1, 0.15) is 11.5 Å².